The molecule has 0 atom stereocenters. The van der Waals surface area contributed by atoms with Gasteiger partial charge in [-0.3, -0.25) is 9.69 Å². The molecule has 2 rings (SSSR count). The molecule has 1 aliphatic carbocycles. The zero-order chi connectivity index (χ0) is 16.2. The van der Waals surface area contributed by atoms with Gasteiger partial charge in [0.1, 0.15) is 0 Å². The number of anilines is 1. The summed E-state index contributed by atoms with van der Waals surface area (Å²) in [5.41, 5.74) is 0.444. The predicted octanol–water partition coefficient (Wildman–Crippen LogP) is 1.39. The first-order valence-electron chi connectivity index (χ1n) is 7.53. The van der Waals surface area contributed by atoms with Crippen molar-refractivity contribution in [2.75, 3.05) is 25.0 Å². The molecule has 1 fully saturated rings. The molecule has 0 aliphatic heterocycles. The summed E-state index contributed by atoms with van der Waals surface area (Å²) in [4.78, 5) is 14.3. The van der Waals surface area contributed by atoms with Crippen LogP contribution in [0.5, 0.6) is 0 Å². The van der Waals surface area contributed by atoms with Crippen molar-refractivity contribution in [2.45, 2.75) is 31.1 Å². The maximum absolute atomic E-state index is 12.1. The van der Waals surface area contributed by atoms with Crippen molar-refractivity contribution in [3.63, 3.8) is 0 Å². The van der Waals surface area contributed by atoms with Gasteiger partial charge in [0.2, 0.25) is 15.9 Å². The first kappa shape index (κ1) is 16.9. The molecule has 0 bridgehead atoms. The molecule has 1 aromatic rings. The van der Waals surface area contributed by atoms with Crippen molar-refractivity contribution in [1.82, 2.24) is 4.90 Å². The number of hydrogen-bond donors (Lipinski definition) is 2. The van der Waals surface area contributed by atoms with Gasteiger partial charge in [-0.05, 0) is 49.9 Å². The van der Waals surface area contributed by atoms with Crippen molar-refractivity contribution in [3.8, 4) is 0 Å². The van der Waals surface area contributed by atoms with E-state index >= 15 is 0 Å². The third kappa shape index (κ3) is 5.40. The largest absolute Gasteiger partial charge is 0.325 e. The number of carbonyl (C=O) groups is 1. The number of amides is 1. The van der Waals surface area contributed by atoms with Crippen LogP contribution < -0.4 is 10.5 Å². The van der Waals surface area contributed by atoms with Gasteiger partial charge in [-0.25, -0.2) is 13.6 Å². The normalized spacial score (nSPS) is 15.0. The van der Waals surface area contributed by atoms with E-state index in [1.54, 1.807) is 12.1 Å². The second-order valence-corrected chi connectivity index (χ2v) is 7.36. The summed E-state index contributed by atoms with van der Waals surface area (Å²) in [5, 5.41) is 7.83. The fourth-order valence-corrected chi connectivity index (χ4v) is 2.93. The van der Waals surface area contributed by atoms with Crippen LogP contribution in [0.15, 0.2) is 29.2 Å². The Morgan fingerprint density at radius 1 is 1.41 bits per heavy atom. The topological polar surface area (TPSA) is 92.5 Å². The molecule has 0 heterocycles. The van der Waals surface area contributed by atoms with Gasteiger partial charge in [0, 0.05) is 12.2 Å². The van der Waals surface area contributed by atoms with Crippen LogP contribution in [-0.2, 0) is 14.8 Å². The number of nitrogens with two attached hydrogens (primary N) is 1. The Morgan fingerprint density at radius 2 is 2.14 bits per heavy atom. The first-order chi connectivity index (χ1) is 10.4. The van der Waals surface area contributed by atoms with Crippen LogP contribution in [0.4, 0.5) is 5.69 Å². The highest BCUT2D eigenvalue weighted by Gasteiger charge is 2.24. The molecule has 0 aromatic heterocycles. The summed E-state index contributed by atoms with van der Waals surface area (Å²) in [7, 11) is -3.76. The molecule has 0 saturated heterocycles. The van der Waals surface area contributed by atoms with Gasteiger partial charge in [0.25, 0.3) is 0 Å². The molecule has 1 saturated carbocycles. The van der Waals surface area contributed by atoms with E-state index in [4.69, 9.17) is 5.14 Å². The molecule has 1 aliphatic rings. The van der Waals surface area contributed by atoms with Crippen molar-refractivity contribution >= 4 is 21.6 Å². The quantitative estimate of drug-likeness (QED) is 0.755. The molecule has 122 valence electrons. The Balaban J connectivity index is 1.95. The Bertz CT molecular complexity index is 627. The molecule has 0 spiro atoms. The van der Waals surface area contributed by atoms with Crippen molar-refractivity contribution in [2.24, 2.45) is 11.1 Å². The van der Waals surface area contributed by atoms with Crippen molar-refractivity contribution in [1.29, 1.82) is 0 Å². The summed E-state index contributed by atoms with van der Waals surface area (Å²) >= 11 is 0. The molecule has 1 aromatic carbocycles. The van der Waals surface area contributed by atoms with Crippen LogP contribution in [0.1, 0.15) is 26.2 Å². The predicted molar refractivity (Wildman–Crippen MR) is 85.9 cm³/mol. The Kier molecular flexibility index (Phi) is 5.55. The number of nitrogens with one attached hydrogen (secondary N) is 1. The van der Waals surface area contributed by atoms with Gasteiger partial charge in [-0.2, -0.15) is 0 Å². The number of carbonyl (C=O) groups excluding carboxylic acids is 1. The summed E-state index contributed by atoms with van der Waals surface area (Å²) in [6.45, 7) is 4.26. The van der Waals surface area contributed by atoms with E-state index in [1.807, 2.05) is 0 Å². The van der Waals surface area contributed by atoms with Crippen molar-refractivity contribution < 1.29 is 13.2 Å². The Morgan fingerprint density at radius 3 is 2.73 bits per heavy atom. The number of nitrogens with zero attached hydrogens (tertiary/aromatic N) is 1. The van der Waals surface area contributed by atoms with E-state index in [9.17, 15) is 13.2 Å². The summed E-state index contributed by atoms with van der Waals surface area (Å²) < 4.78 is 22.6. The van der Waals surface area contributed by atoms with E-state index in [2.05, 4.69) is 17.1 Å². The molecular weight excluding hydrogens is 302 g/mol. The Hall–Kier alpha value is -1.44. The average Bonchev–Trinajstić information content (AvgIpc) is 3.22. The maximum Gasteiger partial charge on any atom is 0.238 e. The molecule has 7 heteroatoms. The van der Waals surface area contributed by atoms with Crippen LogP contribution in [0.25, 0.3) is 0 Å². The van der Waals surface area contributed by atoms with Gasteiger partial charge in [-0.1, -0.05) is 13.0 Å². The fourth-order valence-electron chi connectivity index (χ4n) is 2.37. The molecule has 1 amide bonds. The van der Waals surface area contributed by atoms with E-state index in [0.29, 0.717) is 12.2 Å². The molecule has 0 radical (unpaired) electrons. The number of sulfonamides is 1. The van der Waals surface area contributed by atoms with Gasteiger partial charge in [0.15, 0.2) is 0 Å². The highest BCUT2D eigenvalue weighted by Crippen LogP contribution is 2.29. The van der Waals surface area contributed by atoms with E-state index < -0.39 is 10.0 Å². The second-order valence-electron chi connectivity index (χ2n) is 5.80. The van der Waals surface area contributed by atoms with Crippen LogP contribution in [0, 0.1) is 5.92 Å². The van der Waals surface area contributed by atoms with Gasteiger partial charge < -0.3 is 5.32 Å². The molecule has 0 unspecified atom stereocenters. The van der Waals surface area contributed by atoms with E-state index in [-0.39, 0.29) is 10.8 Å². The lowest BCUT2D eigenvalue weighted by Crippen LogP contribution is -2.35. The standard InChI is InChI=1S/C15H23N3O3S/c1-2-8-18(10-12-6-7-12)11-15(19)17-13-4-3-5-14(9-13)22(16,20)21/h3-5,9,12H,2,6-8,10-11H2,1H3,(H,17,19)(H2,16,20,21). The van der Waals surface area contributed by atoms with Crippen LogP contribution in [0.3, 0.4) is 0 Å². The number of primary sulfonamides is 1. The molecule has 3 N–H and O–H groups in total. The maximum atomic E-state index is 12.1. The van der Waals surface area contributed by atoms with Crippen LogP contribution >= 0.6 is 0 Å². The monoisotopic (exact) mass is 325 g/mol. The van der Waals surface area contributed by atoms with Crippen molar-refractivity contribution in [3.05, 3.63) is 24.3 Å². The molecule has 6 nitrogen and oxygen atoms in total. The van der Waals surface area contributed by atoms with Gasteiger partial charge in [-0.15, -0.1) is 0 Å². The Labute approximate surface area is 131 Å². The lowest BCUT2D eigenvalue weighted by atomic mass is 10.3. The van der Waals surface area contributed by atoms with Gasteiger partial charge in [0.05, 0.1) is 11.4 Å². The summed E-state index contributed by atoms with van der Waals surface area (Å²) in [6.07, 6.45) is 3.50. The van der Waals surface area contributed by atoms with Crippen LogP contribution in [-0.4, -0.2) is 38.9 Å². The zero-order valence-corrected chi connectivity index (χ0v) is 13.6. The average molecular weight is 325 g/mol. The lowest BCUT2D eigenvalue weighted by molar-refractivity contribution is -0.117. The number of benzene rings is 1. The number of hydrogen-bond acceptors (Lipinski definition) is 4. The second kappa shape index (κ2) is 7.21. The zero-order valence-electron chi connectivity index (χ0n) is 12.8. The minimum atomic E-state index is -3.76. The highest BCUT2D eigenvalue weighted by molar-refractivity contribution is 7.89. The number of rotatable bonds is 8. The van der Waals surface area contributed by atoms with E-state index in [1.165, 1.54) is 25.0 Å². The fraction of sp³-hybridized carbons (Fsp3) is 0.533. The molecular formula is C15H23N3O3S. The highest BCUT2D eigenvalue weighted by atomic mass is 32.2. The first-order valence-corrected chi connectivity index (χ1v) is 9.08. The van der Waals surface area contributed by atoms with E-state index in [0.717, 1.165) is 25.4 Å². The summed E-state index contributed by atoms with van der Waals surface area (Å²) in [6, 6.07) is 5.99. The smallest absolute Gasteiger partial charge is 0.238 e. The van der Waals surface area contributed by atoms with Gasteiger partial charge >= 0.3 is 0 Å². The SMILES string of the molecule is CCCN(CC(=O)Nc1cccc(S(N)(=O)=O)c1)CC1CC1. The minimum Gasteiger partial charge on any atom is -0.325 e. The molecule has 22 heavy (non-hydrogen) atoms. The van der Waals surface area contributed by atoms with Crippen LogP contribution in [0.2, 0.25) is 0 Å². The third-order valence-corrected chi connectivity index (χ3v) is 4.48. The lowest BCUT2D eigenvalue weighted by Gasteiger charge is -2.20. The summed E-state index contributed by atoms with van der Waals surface area (Å²) in [5.74, 6) is 0.589. The third-order valence-electron chi connectivity index (χ3n) is 3.57. The minimum absolute atomic E-state index is 0.00584.